The summed E-state index contributed by atoms with van der Waals surface area (Å²) < 4.78 is 0.685. The number of phenols is 1. The number of carbonyl (C=O) groups excluding carboxylic acids is 2. The molecule has 2 rings (SSSR count). The molecular formula is C14H10INO3. The number of carbonyl (C=O) groups is 2. The van der Waals surface area contributed by atoms with Gasteiger partial charge in [-0.05, 0) is 65.1 Å². The second-order valence-electron chi connectivity index (χ2n) is 3.86. The SMILES string of the molecule is O=Cc1ccc(NC(=O)c2ccc(I)c(O)c2)cc1. The van der Waals surface area contributed by atoms with E-state index in [0.717, 1.165) is 6.29 Å². The normalized spacial score (nSPS) is 9.95. The van der Waals surface area contributed by atoms with Gasteiger partial charge in [-0.15, -0.1) is 0 Å². The Morgan fingerprint density at radius 1 is 1.16 bits per heavy atom. The molecule has 5 heteroatoms. The number of hydrogen-bond donors (Lipinski definition) is 2. The molecule has 0 unspecified atom stereocenters. The summed E-state index contributed by atoms with van der Waals surface area (Å²) >= 11 is 1.98. The molecule has 0 aromatic heterocycles. The minimum Gasteiger partial charge on any atom is -0.507 e. The van der Waals surface area contributed by atoms with Gasteiger partial charge >= 0.3 is 0 Å². The van der Waals surface area contributed by atoms with Gasteiger partial charge in [-0.2, -0.15) is 0 Å². The maximum atomic E-state index is 11.9. The topological polar surface area (TPSA) is 66.4 Å². The quantitative estimate of drug-likeness (QED) is 0.647. The van der Waals surface area contributed by atoms with Crippen LogP contribution < -0.4 is 5.32 Å². The van der Waals surface area contributed by atoms with Crippen molar-refractivity contribution in [3.63, 3.8) is 0 Å². The Morgan fingerprint density at radius 2 is 1.84 bits per heavy atom. The van der Waals surface area contributed by atoms with E-state index < -0.39 is 0 Å². The Hall–Kier alpha value is -1.89. The van der Waals surface area contributed by atoms with Crippen LogP contribution in [0.4, 0.5) is 5.69 Å². The molecule has 2 aromatic carbocycles. The van der Waals surface area contributed by atoms with Crippen LogP contribution in [0.1, 0.15) is 20.7 Å². The van der Waals surface area contributed by atoms with E-state index in [4.69, 9.17) is 0 Å². The van der Waals surface area contributed by atoms with E-state index in [-0.39, 0.29) is 11.7 Å². The predicted octanol–water partition coefficient (Wildman–Crippen LogP) is 3.06. The van der Waals surface area contributed by atoms with Crippen molar-refractivity contribution in [1.29, 1.82) is 0 Å². The minimum absolute atomic E-state index is 0.0737. The second-order valence-corrected chi connectivity index (χ2v) is 5.02. The fraction of sp³-hybridized carbons (Fsp3) is 0. The van der Waals surface area contributed by atoms with Crippen molar-refractivity contribution >= 4 is 40.5 Å². The third kappa shape index (κ3) is 3.31. The Balaban J connectivity index is 2.15. The summed E-state index contributed by atoms with van der Waals surface area (Å²) in [5.41, 5.74) is 1.51. The number of phenolic OH excluding ortho intramolecular Hbond substituents is 1. The first-order valence-corrected chi connectivity index (χ1v) is 6.53. The van der Waals surface area contributed by atoms with Crippen LogP contribution in [-0.4, -0.2) is 17.3 Å². The number of amides is 1. The van der Waals surface area contributed by atoms with Crippen molar-refractivity contribution in [1.82, 2.24) is 0 Å². The van der Waals surface area contributed by atoms with Crippen LogP contribution in [0, 0.1) is 3.57 Å². The lowest BCUT2D eigenvalue weighted by Crippen LogP contribution is -2.11. The Kier molecular flexibility index (Phi) is 4.16. The van der Waals surface area contributed by atoms with Crippen LogP contribution in [-0.2, 0) is 0 Å². The zero-order valence-corrected chi connectivity index (χ0v) is 11.9. The molecule has 1 amide bonds. The van der Waals surface area contributed by atoms with Crippen molar-refractivity contribution in [2.75, 3.05) is 5.32 Å². The smallest absolute Gasteiger partial charge is 0.255 e. The van der Waals surface area contributed by atoms with Gasteiger partial charge in [-0.1, -0.05) is 0 Å². The minimum atomic E-state index is -0.314. The maximum Gasteiger partial charge on any atom is 0.255 e. The number of rotatable bonds is 3. The number of anilines is 1. The molecule has 0 atom stereocenters. The van der Waals surface area contributed by atoms with Gasteiger partial charge < -0.3 is 10.4 Å². The highest BCUT2D eigenvalue weighted by Gasteiger charge is 2.08. The molecule has 0 aliphatic heterocycles. The lowest BCUT2D eigenvalue weighted by Gasteiger charge is -2.06. The van der Waals surface area contributed by atoms with E-state index >= 15 is 0 Å². The molecule has 19 heavy (non-hydrogen) atoms. The van der Waals surface area contributed by atoms with Crippen molar-refractivity contribution in [2.45, 2.75) is 0 Å². The van der Waals surface area contributed by atoms with Gasteiger partial charge in [-0.25, -0.2) is 0 Å². The zero-order chi connectivity index (χ0) is 13.8. The molecule has 0 heterocycles. The van der Waals surface area contributed by atoms with E-state index in [0.29, 0.717) is 20.4 Å². The summed E-state index contributed by atoms with van der Waals surface area (Å²) in [6.07, 6.45) is 0.739. The first-order chi connectivity index (χ1) is 9.10. The van der Waals surface area contributed by atoms with E-state index in [1.807, 2.05) is 22.6 Å². The molecule has 0 fully saturated rings. The molecule has 0 radical (unpaired) electrons. The van der Waals surface area contributed by atoms with Crippen LogP contribution in [0.5, 0.6) is 5.75 Å². The average Bonchev–Trinajstić information content (AvgIpc) is 2.42. The van der Waals surface area contributed by atoms with Gasteiger partial charge in [0.15, 0.2) is 0 Å². The van der Waals surface area contributed by atoms with Gasteiger partial charge in [0.2, 0.25) is 0 Å². The standard InChI is InChI=1S/C14H10INO3/c15-12-6-3-10(7-13(12)18)14(19)16-11-4-1-9(8-17)2-5-11/h1-8,18H,(H,16,19). The summed E-state index contributed by atoms with van der Waals surface area (Å²) in [5.74, 6) is -0.241. The van der Waals surface area contributed by atoms with E-state index in [1.165, 1.54) is 6.07 Å². The number of benzene rings is 2. The lowest BCUT2D eigenvalue weighted by molar-refractivity contribution is 0.102. The van der Waals surface area contributed by atoms with Crippen LogP contribution in [0.25, 0.3) is 0 Å². The summed E-state index contributed by atoms with van der Waals surface area (Å²) in [5, 5.41) is 12.2. The Morgan fingerprint density at radius 3 is 2.42 bits per heavy atom. The molecule has 0 aliphatic rings. The van der Waals surface area contributed by atoms with E-state index in [9.17, 15) is 14.7 Å². The van der Waals surface area contributed by atoms with Crippen molar-refractivity contribution in [3.05, 3.63) is 57.2 Å². The van der Waals surface area contributed by atoms with Crippen LogP contribution in [0.3, 0.4) is 0 Å². The highest BCUT2D eigenvalue weighted by molar-refractivity contribution is 14.1. The van der Waals surface area contributed by atoms with Gasteiger partial charge in [0.25, 0.3) is 5.91 Å². The molecule has 0 aliphatic carbocycles. The highest BCUT2D eigenvalue weighted by atomic mass is 127. The fourth-order valence-corrected chi connectivity index (χ4v) is 1.84. The van der Waals surface area contributed by atoms with Gasteiger partial charge in [0, 0.05) is 16.8 Å². The molecule has 2 N–H and O–H groups in total. The molecule has 4 nitrogen and oxygen atoms in total. The highest BCUT2D eigenvalue weighted by Crippen LogP contribution is 2.21. The van der Waals surface area contributed by atoms with Crippen molar-refractivity contribution < 1.29 is 14.7 Å². The summed E-state index contributed by atoms with van der Waals surface area (Å²) in [6.45, 7) is 0. The van der Waals surface area contributed by atoms with Crippen molar-refractivity contribution in [2.24, 2.45) is 0 Å². The molecule has 0 saturated carbocycles. The monoisotopic (exact) mass is 367 g/mol. The Bertz CT molecular complexity index is 623. The number of aromatic hydroxyl groups is 1. The molecule has 0 saturated heterocycles. The summed E-state index contributed by atoms with van der Waals surface area (Å²) in [4.78, 5) is 22.5. The fourth-order valence-electron chi connectivity index (χ4n) is 1.50. The zero-order valence-electron chi connectivity index (χ0n) is 9.76. The molecule has 2 aromatic rings. The number of aldehydes is 1. The lowest BCUT2D eigenvalue weighted by atomic mass is 10.2. The average molecular weight is 367 g/mol. The largest absolute Gasteiger partial charge is 0.507 e. The predicted molar refractivity (Wildman–Crippen MR) is 80.6 cm³/mol. The Labute approximate surface area is 123 Å². The van der Waals surface area contributed by atoms with Crippen LogP contribution in [0.2, 0.25) is 0 Å². The first-order valence-electron chi connectivity index (χ1n) is 5.45. The molecule has 96 valence electrons. The number of hydrogen-bond acceptors (Lipinski definition) is 3. The third-order valence-electron chi connectivity index (χ3n) is 2.51. The molecule has 0 spiro atoms. The van der Waals surface area contributed by atoms with Gasteiger partial charge in [-0.3, -0.25) is 9.59 Å². The molecule has 0 bridgehead atoms. The maximum absolute atomic E-state index is 11.9. The second kappa shape index (κ2) is 5.83. The van der Waals surface area contributed by atoms with Gasteiger partial charge in [0.05, 0.1) is 3.57 Å². The van der Waals surface area contributed by atoms with Gasteiger partial charge in [0.1, 0.15) is 12.0 Å². The van der Waals surface area contributed by atoms with Crippen LogP contribution in [0.15, 0.2) is 42.5 Å². The van der Waals surface area contributed by atoms with E-state index in [2.05, 4.69) is 5.32 Å². The van der Waals surface area contributed by atoms with Crippen molar-refractivity contribution in [3.8, 4) is 5.75 Å². The third-order valence-corrected chi connectivity index (χ3v) is 3.43. The van der Waals surface area contributed by atoms with Crippen LogP contribution >= 0.6 is 22.6 Å². The summed E-state index contributed by atoms with van der Waals surface area (Å²) in [6, 6.07) is 11.2. The number of nitrogens with one attached hydrogen (secondary N) is 1. The van der Waals surface area contributed by atoms with E-state index in [1.54, 1.807) is 36.4 Å². The molecular weight excluding hydrogens is 357 g/mol. The first kappa shape index (κ1) is 13.5. The number of halogens is 1. The summed E-state index contributed by atoms with van der Waals surface area (Å²) in [7, 11) is 0.